The Bertz CT molecular complexity index is 1050. The molecule has 2 heterocycles. The summed E-state index contributed by atoms with van der Waals surface area (Å²) in [5, 5.41) is 10.9. The number of nitrogens with zero attached hydrogens (tertiary/aromatic N) is 2. The molecule has 0 unspecified atom stereocenters. The monoisotopic (exact) mass is 410 g/mol. The van der Waals surface area contributed by atoms with E-state index in [2.05, 4.69) is 15.7 Å². The van der Waals surface area contributed by atoms with Crippen LogP contribution in [0.15, 0.2) is 48.5 Å². The smallest absolute Gasteiger partial charge is 0.269 e. The summed E-state index contributed by atoms with van der Waals surface area (Å²) in [5.74, 6) is 0.904. The summed E-state index contributed by atoms with van der Waals surface area (Å²) in [5.41, 5.74) is 2.97. The number of benzene rings is 2. The molecule has 0 bridgehead atoms. The number of carbonyl (C=O) groups excluding carboxylic acids is 1. The van der Waals surface area contributed by atoms with Crippen molar-refractivity contribution < 1.29 is 18.7 Å². The lowest BCUT2D eigenvalue weighted by Crippen LogP contribution is -2.45. The van der Waals surface area contributed by atoms with E-state index in [9.17, 15) is 9.18 Å². The van der Waals surface area contributed by atoms with E-state index >= 15 is 0 Å². The minimum absolute atomic E-state index is 0.172. The van der Waals surface area contributed by atoms with Crippen LogP contribution in [0.2, 0.25) is 0 Å². The molecule has 0 fully saturated rings. The van der Waals surface area contributed by atoms with E-state index in [1.54, 1.807) is 37.1 Å². The first-order valence-corrected chi connectivity index (χ1v) is 9.67. The van der Waals surface area contributed by atoms with Crippen molar-refractivity contribution in [2.45, 2.75) is 12.6 Å². The molecule has 7 nitrogen and oxygen atoms in total. The minimum atomic E-state index is -0.310. The van der Waals surface area contributed by atoms with E-state index < -0.39 is 0 Å². The molecule has 1 atom stereocenters. The van der Waals surface area contributed by atoms with Gasteiger partial charge in [0.05, 0.1) is 26.5 Å². The van der Waals surface area contributed by atoms with E-state index in [-0.39, 0.29) is 17.9 Å². The number of amides is 1. The second-order valence-corrected chi connectivity index (χ2v) is 6.99. The highest BCUT2D eigenvalue weighted by molar-refractivity contribution is 5.94. The molecular weight excluding hydrogens is 387 g/mol. The normalized spacial score (nSPS) is 15.4. The predicted molar refractivity (Wildman–Crippen MR) is 110 cm³/mol. The molecule has 8 heteroatoms. The number of methoxy groups -OCH3 is 2. The quantitative estimate of drug-likeness (QED) is 0.626. The molecule has 1 aromatic heterocycles. The van der Waals surface area contributed by atoms with Crippen LogP contribution in [-0.2, 0) is 6.42 Å². The standard InChI is InChI=1S/C22H23FN4O3/c1-29-19-8-3-14(11-20(19)30-2)9-10-24-21-13-25-22(28)18-12-17(26-27(18)21)15-4-6-16(23)7-5-15/h3-8,11-12,21,24H,9-10,13H2,1-2H3,(H,25,28)/t21-/m0/s1. The predicted octanol–water partition coefficient (Wildman–Crippen LogP) is 2.78. The van der Waals surface area contributed by atoms with E-state index in [0.29, 0.717) is 36.0 Å². The molecule has 156 valence electrons. The van der Waals surface area contributed by atoms with Gasteiger partial charge in [-0.2, -0.15) is 5.10 Å². The van der Waals surface area contributed by atoms with E-state index in [1.807, 2.05) is 18.2 Å². The van der Waals surface area contributed by atoms with Crippen molar-refractivity contribution in [2.24, 2.45) is 0 Å². The Kier molecular flexibility index (Phi) is 5.67. The van der Waals surface area contributed by atoms with Crippen molar-refractivity contribution in [3.63, 3.8) is 0 Å². The van der Waals surface area contributed by atoms with Crippen LogP contribution in [0, 0.1) is 5.82 Å². The van der Waals surface area contributed by atoms with Crippen LogP contribution in [0.25, 0.3) is 11.3 Å². The van der Waals surface area contributed by atoms with Gasteiger partial charge in [-0.3, -0.25) is 10.1 Å². The first kappa shape index (κ1) is 19.9. The number of carbonyl (C=O) groups is 1. The number of rotatable bonds is 7. The third kappa shape index (κ3) is 3.99. The lowest BCUT2D eigenvalue weighted by Gasteiger charge is -2.25. The number of hydrogen-bond acceptors (Lipinski definition) is 5. The highest BCUT2D eigenvalue weighted by Crippen LogP contribution is 2.28. The second-order valence-electron chi connectivity index (χ2n) is 6.99. The van der Waals surface area contributed by atoms with Crippen molar-refractivity contribution in [2.75, 3.05) is 27.3 Å². The fourth-order valence-corrected chi connectivity index (χ4v) is 3.51. The Morgan fingerprint density at radius 3 is 2.63 bits per heavy atom. The first-order chi connectivity index (χ1) is 14.6. The fourth-order valence-electron chi connectivity index (χ4n) is 3.51. The van der Waals surface area contributed by atoms with Crippen LogP contribution in [-0.4, -0.2) is 43.0 Å². The number of nitrogens with one attached hydrogen (secondary N) is 2. The lowest BCUT2D eigenvalue weighted by molar-refractivity contribution is 0.0901. The SMILES string of the molecule is COc1ccc(CCN[C@@H]2CNC(=O)c3cc(-c4ccc(F)cc4)nn32)cc1OC. The van der Waals surface area contributed by atoms with Crippen molar-refractivity contribution >= 4 is 5.91 Å². The largest absolute Gasteiger partial charge is 0.493 e. The summed E-state index contributed by atoms with van der Waals surface area (Å²) in [6, 6.07) is 13.6. The van der Waals surface area contributed by atoms with Gasteiger partial charge in [0, 0.05) is 12.1 Å². The van der Waals surface area contributed by atoms with Crippen LogP contribution in [0.1, 0.15) is 22.2 Å². The summed E-state index contributed by atoms with van der Waals surface area (Å²) < 4.78 is 25.5. The molecule has 1 aliphatic heterocycles. The van der Waals surface area contributed by atoms with E-state index in [0.717, 1.165) is 17.5 Å². The van der Waals surface area contributed by atoms with Crippen LogP contribution in [0.3, 0.4) is 0 Å². The molecule has 1 amide bonds. The van der Waals surface area contributed by atoms with E-state index in [1.165, 1.54) is 12.1 Å². The number of hydrogen-bond donors (Lipinski definition) is 2. The second kappa shape index (κ2) is 8.54. The van der Waals surface area contributed by atoms with Gasteiger partial charge in [0.25, 0.3) is 5.91 Å². The van der Waals surface area contributed by atoms with Gasteiger partial charge in [-0.25, -0.2) is 9.07 Å². The van der Waals surface area contributed by atoms with Gasteiger partial charge < -0.3 is 14.8 Å². The number of fused-ring (bicyclic) bond motifs is 1. The van der Waals surface area contributed by atoms with Crippen molar-refractivity contribution in [1.29, 1.82) is 0 Å². The minimum Gasteiger partial charge on any atom is -0.493 e. The third-order valence-corrected chi connectivity index (χ3v) is 5.10. The maximum atomic E-state index is 13.2. The summed E-state index contributed by atoms with van der Waals surface area (Å²) in [7, 11) is 3.22. The molecule has 2 aromatic carbocycles. The Morgan fingerprint density at radius 1 is 1.13 bits per heavy atom. The molecule has 0 saturated heterocycles. The lowest BCUT2D eigenvalue weighted by atomic mass is 10.1. The van der Waals surface area contributed by atoms with Gasteiger partial charge in [0.1, 0.15) is 17.7 Å². The maximum absolute atomic E-state index is 13.2. The van der Waals surface area contributed by atoms with Crippen LogP contribution < -0.4 is 20.1 Å². The molecule has 2 N–H and O–H groups in total. The molecule has 1 aliphatic rings. The van der Waals surface area contributed by atoms with Crippen molar-refractivity contribution in [3.05, 3.63) is 65.6 Å². The van der Waals surface area contributed by atoms with Gasteiger partial charge in [-0.15, -0.1) is 0 Å². The average molecular weight is 410 g/mol. The number of ether oxygens (including phenoxy) is 2. The number of halogens is 1. The maximum Gasteiger partial charge on any atom is 0.269 e. The third-order valence-electron chi connectivity index (χ3n) is 5.10. The summed E-state index contributed by atoms with van der Waals surface area (Å²) >= 11 is 0. The Balaban J connectivity index is 1.47. The van der Waals surface area contributed by atoms with Crippen molar-refractivity contribution in [1.82, 2.24) is 20.4 Å². The van der Waals surface area contributed by atoms with Gasteiger partial charge in [-0.05, 0) is 54.4 Å². The molecule has 4 rings (SSSR count). The topological polar surface area (TPSA) is 77.4 Å². The Hall–Kier alpha value is -3.39. The summed E-state index contributed by atoms with van der Waals surface area (Å²) in [6.45, 7) is 1.11. The van der Waals surface area contributed by atoms with Crippen LogP contribution in [0.5, 0.6) is 11.5 Å². The number of aromatic nitrogens is 2. The van der Waals surface area contributed by atoms with Gasteiger partial charge in [0.15, 0.2) is 11.5 Å². The van der Waals surface area contributed by atoms with Crippen LogP contribution in [0.4, 0.5) is 4.39 Å². The Labute approximate surface area is 173 Å². The molecular formula is C22H23FN4O3. The van der Waals surface area contributed by atoms with Crippen LogP contribution >= 0.6 is 0 Å². The van der Waals surface area contributed by atoms with Gasteiger partial charge in [0.2, 0.25) is 0 Å². The molecule has 30 heavy (non-hydrogen) atoms. The molecule has 0 radical (unpaired) electrons. The summed E-state index contributed by atoms with van der Waals surface area (Å²) in [4.78, 5) is 12.3. The molecule has 0 spiro atoms. The molecule has 3 aromatic rings. The fraction of sp³-hybridized carbons (Fsp3) is 0.273. The summed E-state index contributed by atoms with van der Waals surface area (Å²) in [6.07, 6.45) is 0.596. The van der Waals surface area contributed by atoms with E-state index in [4.69, 9.17) is 9.47 Å². The zero-order valence-corrected chi connectivity index (χ0v) is 16.8. The van der Waals surface area contributed by atoms with Crippen molar-refractivity contribution in [3.8, 4) is 22.8 Å². The average Bonchev–Trinajstić information content (AvgIpc) is 3.22. The highest BCUT2D eigenvalue weighted by Gasteiger charge is 2.27. The van der Waals surface area contributed by atoms with Gasteiger partial charge in [-0.1, -0.05) is 6.07 Å². The van der Waals surface area contributed by atoms with Gasteiger partial charge >= 0.3 is 0 Å². The first-order valence-electron chi connectivity index (χ1n) is 9.67. The molecule has 0 aliphatic carbocycles. The zero-order valence-electron chi connectivity index (χ0n) is 16.8. The zero-order chi connectivity index (χ0) is 21.1. The highest BCUT2D eigenvalue weighted by atomic mass is 19.1. The Morgan fingerprint density at radius 2 is 1.90 bits per heavy atom. The molecule has 0 saturated carbocycles.